The van der Waals surface area contributed by atoms with Crippen LogP contribution in [0.4, 0.5) is 13.9 Å². The second-order valence-corrected chi connectivity index (χ2v) is 7.89. The Hall–Kier alpha value is -2.27. The summed E-state index contributed by atoms with van der Waals surface area (Å²) in [5, 5.41) is 11.5. The van der Waals surface area contributed by atoms with Crippen molar-refractivity contribution in [2.45, 2.75) is 4.34 Å². The fraction of sp³-hybridized carbons (Fsp3) is 0.375. The number of hydrogen-bond acceptors (Lipinski definition) is 7. The summed E-state index contributed by atoms with van der Waals surface area (Å²) in [6.45, 7) is 1.86. The summed E-state index contributed by atoms with van der Waals surface area (Å²) >= 11 is 2.70. The van der Waals surface area contributed by atoms with Crippen molar-refractivity contribution in [3.05, 3.63) is 35.4 Å². The molecular formula is C16H17F2N5O2S2. The number of nitrogens with zero attached hydrogens (tertiary/aromatic N) is 4. The highest BCUT2D eigenvalue weighted by Crippen LogP contribution is 2.28. The third-order valence-electron chi connectivity index (χ3n) is 4.00. The zero-order valence-corrected chi connectivity index (χ0v) is 16.1. The SMILES string of the molecule is CNC(=O)CSc1nnc(N2CCN(C(=O)c3ccc(F)cc3F)CC2)s1. The highest BCUT2D eigenvalue weighted by atomic mass is 32.2. The minimum absolute atomic E-state index is 0.0862. The van der Waals surface area contributed by atoms with Crippen LogP contribution < -0.4 is 10.2 Å². The summed E-state index contributed by atoms with van der Waals surface area (Å²) in [6.07, 6.45) is 0. The fourth-order valence-corrected chi connectivity index (χ4v) is 4.29. The van der Waals surface area contributed by atoms with Gasteiger partial charge < -0.3 is 15.1 Å². The Kier molecular flexibility index (Phi) is 6.22. The van der Waals surface area contributed by atoms with E-state index in [0.717, 1.165) is 11.2 Å². The molecule has 11 heteroatoms. The van der Waals surface area contributed by atoms with E-state index in [0.29, 0.717) is 36.6 Å². The molecule has 1 aromatic carbocycles. The first-order chi connectivity index (χ1) is 13.0. The van der Waals surface area contributed by atoms with Gasteiger partial charge in [0.05, 0.1) is 11.3 Å². The van der Waals surface area contributed by atoms with Crippen LogP contribution in [0.25, 0.3) is 0 Å². The lowest BCUT2D eigenvalue weighted by Crippen LogP contribution is -2.49. The number of rotatable bonds is 5. The number of halogens is 2. The van der Waals surface area contributed by atoms with Crippen LogP contribution in [0, 0.1) is 11.6 Å². The lowest BCUT2D eigenvalue weighted by molar-refractivity contribution is -0.118. The van der Waals surface area contributed by atoms with Gasteiger partial charge in [-0.05, 0) is 12.1 Å². The van der Waals surface area contributed by atoms with Crippen LogP contribution in [0.3, 0.4) is 0 Å². The third kappa shape index (κ3) is 4.72. The fourth-order valence-electron chi connectivity index (χ4n) is 2.52. The molecule has 27 heavy (non-hydrogen) atoms. The second kappa shape index (κ2) is 8.61. The summed E-state index contributed by atoms with van der Waals surface area (Å²) in [4.78, 5) is 27.2. The summed E-state index contributed by atoms with van der Waals surface area (Å²) in [5.74, 6) is -1.83. The number of piperazine rings is 1. The molecule has 2 amide bonds. The molecule has 2 heterocycles. The van der Waals surface area contributed by atoms with E-state index in [9.17, 15) is 18.4 Å². The molecule has 1 fully saturated rings. The van der Waals surface area contributed by atoms with Gasteiger partial charge in [0, 0.05) is 39.3 Å². The predicted octanol–water partition coefficient (Wildman–Crippen LogP) is 1.62. The molecule has 1 saturated heterocycles. The molecule has 1 N–H and O–H groups in total. The van der Waals surface area contributed by atoms with Crippen molar-refractivity contribution in [3.63, 3.8) is 0 Å². The van der Waals surface area contributed by atoms with Gasteiger partial charge in [-0.3, -0.25) is 9.59 Å². The van der Waals surface area contributed by atoms with E-state index < -0.39 is 17.5 Å². The molecule has 0 unspecified atom stereocenters. The van der Waals surface area contributed by atoms with Crippen molar-refractivity contribution in [2.75, 3.05) is 43.9 Å². The molecule has 144 valence electrons. The van der Waals surface area contributed by atoms with Gasteiger partial charge in [0.15, 0.2) is 4.34 Å². The summed E-state index contributed by atoms with van der Waals surface area (Å²) in [6, 6.07) is 2.95. The topological polar surface area (TPSA) is 78.4 Å². The van der Waals surface area contributed by atoms with Crippen LogP contribution >= 0.6 is 23.1 Å². The van der Waals surface area contributed by atoms with Gasteiger partial charge in [-0.1, -0.05) is 23.1 Å². The molecule has 0 radical (unpaired) electrons. The number of carbonyl (C=O) groups excluding carboxylic acids is 2. The van der Waals surface area contributed by atoms with E-state index in [2.05, 4.69) is 15.5 Å². The zero-order chi connectivity index (χ0) is 19.4. The molecule has 0 aliphatic carbocycles. The Morgan fingerprint density at radius 1 is 1.22 bits per heavy atom. The number of aromatic nitrogens is 2. The largest absolute Gasteiger partial charge is 0.358 e. The van der Waals surface area contributed by atoms with Crippen LogP contribution in [0.2, 0.25) is 0 Å². The van der Waals surface area contributed by atoms with Crippen LogP contribution in [0.5, 0.6) is 0 Å². The van der Waals surface area contributed by atoms with Crippen LogP contribution in [0.15, 0.2) is 22.5 Å². The van der Waals surface area contributed by atoms with E-state index in [1.54, 1.807) is 7.05 Å². The van der Waals surface area contributed by atoms with Crippen molar-refractivity contribution in [2.24, 2.45) is 0 Å². The molecule has 7 nitrogen and oxygen atoms in total. The Labute approximate surface area is 162 Å². The number of hydrogen-bond donors (Lipinski definition) is 1. The lowest BCUT2D eigenvalue weighted by Gasteiger charge is -2.34. The second-order valence-electron chi connectivity index (χ2n) is 5.72. The van der Waals surface area contributed by atoms with Gasteiger partial charge in [-0.2, -0.15) is 0 Å². The van der Waals surface area contributed by atoms with Gasteiger partial charge in [0.2, 0.25) is 11.0 Å². The van der Waals surface area contributed by atoms with E-state index in [1.807, 2.05) is 4.90 Å². The maximum atomic E-state index is 13.8. The van der Waals surface area contributed by atoms with E-state index >= 15 is 0 Å². The van der Waals surface area contributed by atoms with Crippen molar-refractivity contribution >= 4 is 40.0 Å². The average molecular weight is 413 g/mol. The number of nitrogens with one attached hydrogen (secondary N) is 1. The highest BCUT2D eigenvalue weighted by Gasteiger charge is 2.26. The zero-order valence-electron chi connectivity index (χ0n) is 14.4. The standard InChI is InChI=1S/C16H17F2N5O2S2/c1-19-13(24)9-26-16-21-20-15(27-16)23-6-4-22(5-7-23)14(25)11-3-2-10(17)8-12(11)18/h2-3,8H,4-7,9H2,1H3,(H,19,24). The molecule has 1 aromatic heterocycles. The average Bonchev–Trinajstić information content (AvgIpc) is 3.15. The van der Waals surface area contributed by atoms with Gasteiger partial charge in [0.25, 0.3) is 5.91 Å². The Bertz CT molecular complexity index is 840. The number of benzene rings is 1. The number of thioether (sulfide) groups is 1. The van der Waals surface area contributed by atoms with Crippen LogP contribution in [0.1, 0.15) is 10.4 Å². The number of amides is 2. The molecule has 0 spiro atoms. The molecule has 0 bridgehead atoms. The molecule has 0 atom stereocenters. The highest BCUT2D eigenvalue weighted by molar-refractivity contribution is 8.01. The van der Waals surface area contributed by atoms with E-state index in [1.165, 1.54) is 34.1 Å². The number of carbonyl (C=O) groups is 2. The van der Waals surface area contributed by atoms with Crippen LogP contribution in [-0.4, -0.2) is 65.9 Å². The lowest BCUT2D eigenvalue weighted by atomic mass is 10.1. The van der Waals surface area contributed by atoms with Gasteiger partial charge in [-0.25, -0.2) is 8.78 Å². The molecule has 1 aliphatic heterocycles. The summed E-state index contributed by atoms with van der Waals surface area (Å²) in [5.41, 5.74) is -0.131. The first-order valence-corrected chi connectivity index (χ1v) is 9.94. The first-order valence-electron chi connectivity index (χ1n) is 8.14. The summed E-state index contributed by atoms with van der Waals surface area (Å²) < 4.78 is 27.5. The molecular weight excluding hydrogens is 396 g/mol. The normalized spacial score (nSPS) is 14.3. The predicted molar refractivity (Wildman–Crippen MR) is 99.2 cm³/mol. The monoisotopic (exact) mass is 413 g/mol. The third-order valence-corrected chi connectivity index (χ3v) is 6.12. The van der Waals surface area contributed by atoms with Crippen LogP contribution in [-0.2, 0) is 4.79 Å². The van der Waals surface area contributed by atoms with Crippen molar-refractivity contribution in [1.29, 1.82) is 0 Å². The minimum Gasteiger partial charge on any atom is -0.358 e. The summed E-state index contributed by atoms with van der Waals surface area (Å²) in [7, 11) is 1.58. The van der Waals surface area contributed by atoms with E-state index in [4.69, 9.17) is 0 Å². The first kappa shape index (κ1) is 19.5. The van der Waals surface area contributed by atoms with E-state index in [-0.39, 0.29) is 17.2 Å². The van der Waals surface area contributed by atoms with Crippen molar-refractivity contribution in [1.82, 2.24) is 20.4 Å². The van der Waals surface area contributed by atoms with Gasteiger partial charge >= 0.3 is 0 Å². The molecule has 1 aliphatic rings. The molecule has 0 saturated carbocycles. The quantitative estimate of drug-likeness (QED) is 0.751. The van der Waals surface area contributed by atoms with Crippen molar-refractivity contribution in [3.8, 4) is 0 Å². The minimum atomic E-state index is -0.857. The van der Waals surface area contributed by atoms with Gasteiger partial charge in [0.1, 0.15) is 11.6 Å². The Morgan fingerprint density at radius 3 is 2.63 bits per heavy atom. The Morgan fingerprint density at radius 2 is 1.96 bits per heavy atom. The molecule has 2 aromatic rings. The maximum absolute atomic E-state index is 13.8. The van der Waals surface area contributed by atoms with Gasteiger partial charge in [-0.15, -0.1) is 10.2 Å². The molecule has 3 rings (SSSR count). The van der Waals surface area contributed by atoms with Crippen molar-refractivity contribution < 1.29 is 18.4 Å². The maximum Gasteiger partial charge on any atom is 0.256 e. The smallest absolute Gasteiger partial charge is 0.256 e. The Balaban J connectivity index is 1.56. The number of anilines is 1.